The second-order valence-electron chi connectivity index (χ2n) is 21.5. The summed E-state index contributed by atoms with van der Waals surface area (Å²) in [6, 6.07) is 0. The molecule has 0 unspecified atom stereocenters. The van der Waals surface area contributed by atoms with E-state index in [1.165, 1.54) is 58.4 Å². The molecule has 1 aliphatic rings. The van der Waals surface area contributed by atoms with Crippen molar-refractivity contribution >= 4 is 0 Å². The van der Waals surface area contributed by atoms with Gasteiger partial charge in [-0.3, -0.25) is 4.90 Å². The van der Waals surface area contributed by atoms with E-state index in [1.54, 1.807) is 0 Å². The zero-order chi connectivity index (χ0) is 37.0. The molecule has 0 aromatic heterocycles. The fourth-order valence-corrected chi connectivity index (χ4v) is 4.85. The molecule has 286 valence electrons. The second-order valence-corrected chi connectivity index (χ2v) is 21.5. The van der Waals surface area contributed by atoms with Gasteiger partial charge in [-0.05, 0) is 58.2 Å². The lowest BCUT2D eigenvalue weighted by molar-refractivity contribution is 0.0373. The minimum atomic E-state index is 0.260. The van der Waals surface area contributed by atoms with Crippen molar-refractivity contribution in [3.05, 3.63) is 0 Å². The van der Waals surface area contributed by atoms with Gasteiger partial charge in [0.25, 0.3) is 0 Å². The maximum atomic E-state index is 5.74. The van der Waals surface area contributed by atoms with E-state index < -0.39 is 0 Å². The Bertz CT molecular complexity index is 652. The van der Waals surface area contributed by atoms with E-state index in [2.05, 4.69) is 134 Å². The number of nitrogens with zero attached hydrogens (tertiary/aromatic N) is 2. The van der Waals surface area contributed by atoms with Gasteiger partial charge in [0, 0.05) is 59.1 Å². The fourth-order valence-electron chi connectivity index (χ4n) is 4.85. The summed E-state index contributed by atoms with van der Waals surface area (Å²) in [7, 11) is 0. The fraction of sp³-hybridized carbons (Fsp3) is 1.00. The lowest BCUT2D eigenvalue weighted by Gasteiger charge is -2.37. The van der Waals surface area contributed by atoms with Crippen LogP contribution < -0.4 is 0 Å². The van der Waals surface area contributed by atoms with Crippen LogP contribution in [0.4, 0.5) is 0 Å². The van der Waals surface area contributed by atoms with Gasteiger partial charge in [-0.15, -0.1) is 0 Å². The van der Waals surface area contributed by atoms with E-state index in [-0.39, 0.29) is 5.41 Å². The maximum Gasteiger partial charge on any atom is 0.0593 e. The van der Waals surface area contributed by atoms with E-state index in [1.807, 2.05) is 0 Å². The molecule has 1 fully saturated rings. The third-order valence-electron chi connectivity index (χ3n) is 7.46. The van der Waals surface area contributed by atoms with E-state index >= 15 is 0 Å². The molecule has 0 saturated carbocycles. The van der Waals surface area contributed by atoms with Gasteiger partial charge < -0.3 is 19.1 Å². The number of hydrogen-bond donors (Lipinski definition) is 0. The lowest BCUT2D eigenvalue weighted by atomic mass is 9.85. The van der Waals surface area contributed by atoms with Crippen LogP contribution in [-0.2, 0) is 14.2 Å². The van der Waals surface area contributed by atoms with E-state index in [4.69, 9.17) is 14.2 Å². The largest absolute Gasteiger partial charge is 0.381 e. The molecule has 0 spiro atoms. The Morgan fingerprint density at radius 2 is 0.745 bits per heavy atom. The summed E-state index contributed by atoms with van der Waals surface area (Å²) in [4.78, 5) is 5.11. The van der Waals surface area contributed by atoms with Crippen molar-refractivity contribution in [1.82, 2.24) is 9.80 Å². The standard InChI is InChI=1S/C19H40N2O2.C12H26.C11H24O/c1-18(2,3)16-21-10-8-20(9-11-21)12-15-22-13-7-14-23-17-19(4,5)6;1-11(2,3)9-7-8-10-12(4,5)6;1-10(2,3)7-8-12-9-11(4,5)6/h7-17H2,1-6H3;7-10H2,1-6H3;7-9H2,1-6H3. The molecular weight excluding hydrogens is 580 g/mol. The summed E-state index contributed by atoms with van der Waals surface area (Å²) >= 11 is 0. The molecule has 0 aliphatic carbocycles. The van der Waals surface area contributed by atoms with Gasteiger partial charge >= 0.3 is 0 Å². The summed E-state index contributed by atoms with van der Waals surface area (Å²) in [6.45, 7) is 52.9. The molecule has 1 aliphatic heterocycles. The van der Waals surface area contributed by atoms with Crippen LogP contribution in [0.1, 0.15) is 163 Å². The van der Waals surface area contributed by atoms with Crippen LogP contribution >= 0.6 is 0 Å². The van der Waals surface area contributed by atoms with Gasteiger partial charge in [-0.1, -0.05) is 137 Å². The highest BCUT2D eigenvalue weighted by molar-refractivity contribution is 4.76. The van der Waals surface area contributed by atoms with Crippen LogP contribution in [0.3, 0.4) is 0 Å². The second kappa shape index (κ2) is 23.3. The monoisotopic (exact) mass is 671 g/mol. The molecule has 5 nitrogen and oxygen atoms in total. The van der Waals surface area contributed by atoms with Gasteiger partial charge in [0.1, 0.15) is 0 Å². The molecular formula is C42H90N2O3. The first kappa shape index (κ1) is 48.9. The summed E-state index contributed by atoms with van der Waals surface area (Å²) < 4.78 is 17.0. The van der Waals surface area contributed by atoms with Crippen molar-refractivity contribution in [2.75, 3.05) is 78.9 Å². The summed E-state index contributed by atoms with van der Waals surface area (Å²) in [5.74, 6) is 0. The summed E-state index contributed by atoms with van der Waals surface area (Å²) in [6.07, 6.45) is 7.65. The third kappa shape index (κ3) is 43.8. The smallest absolute Gasteiger partial charge is 0.0593 e. The van der Waals surface area contributed by atoms with Crippen LogP contribution in [-0.4, -0.2) is 88.7 Å². The molecule has 0 bridgehead atoms. The first-order valence-corrected chi connectivity index (χ1v) is 19.3. The van der Waals surface area contributed by atoms with Crippen molar-refractivity contribution in [2.45, 2.75) is 163 Å². The van der Waals surface area contributed by atoms with Gasteiger partial charge in [0.15, 0.2) is 0 Å². The van der Waals surface area contributed by atoms with Crippen LogP contribution in [0.5, 0.6) is 0 Å². The van der Waals surface area contributed by atoms with Crippen molar-refractivity contribution in [3.63, 3.8) is 0 Å². The number of ether oxygens (including phenoxy) is 3. The van der Waals surface area contributed by atoms with Crippen LogP contribution in [0, 0.1) is 32.5 Å². The SMILES string of the molecule is CC(C)(C)CCCCC(C)(C)C.CC(C)(C)CCOCC(C)(C)C.CC(C)(C)COCCCOCCN1CCN(CC(C)(C)C)CC1. The van der Waals surface area contributed by atoms with Crippen molar-refractivity contribution in [1.29, 1.82) is 0 Å². The quantitative estimate of drug-likeness (QED) is 0.162. The number of piperazine rings is 1. The molecule has 0 atom stereocenters. The average Bonchev–Trinajstić information content (AvgIpc) is 2.84. The molecule has 0 radical (unpaired) electrons. The van der Waals surface area contributed by atoms with Crippen molar-refractivity contribution < 1.29 is 14.2 Å². The highest BCUT2D eigenvalue weighted by Gasteiger charge is 2.21. The zero-order valence-electron chi connectivity index (χ0n) is 35.8. The van der Waals surface area contributed by atoms with E-state index in [0.29, 0.717) is 27.1 Å². The number of hydrogen-bond acceptors (Lipinski definition) is 5. The molecule has 0 aromatic rings. The molecule has 0 N–H and O–H groups in total. The molecule has 1 saturated heterocycles. The normalized spacial score (nSPS) is 16.0. The molecule has 0 amide bonds. The Labute approximate surface area is 298 Å². The predicted molar refractivity (Wildman–Crippen MR) is 210 cm³/mol. The summed E-state index contributed by atoms with van der Waals surface area (Å²) in [5.41, 5.74) is 2.42. The molecule has 0 aromatic carbocycles. The van der Waals surface area contributed by atoms with Crippen LogP contribution in [0.25, 0.3) is 0 Å². The topological polar surface area (TPSA) is 34.2 Å². The van der Waals surface area contributed by atoms with Gasteiger partial charge in [0.05, 0.1) is 19.8 Å². The number of unbranched alkanes of at least 4 members (excludes halogenated alkanes) is 1. The van der Waals surface area contributed by atoms with Crippen LogP contribution in [0.15, 0.2) is 0 Å². The predicted octanol–water partition coefficient (Wildman–Crippen LogP) is 11.2. The Hall–Kier alpha value is -0.200. The first-order valence-electron chi connectivity index (χ1n) is 19.3. The summed E-state index contributed by atoms with van der Waals surface area (Å²) in [5, 5.41) is 0. The highest BCUT2D eigenvalue weighted by atomic mass is 16.5. The minimum Gasteiger partial charge on any atom is -0.381 e. The van der Waals surface area contributed by atoms with Gasteiger partial charge in [0.2, 0.25) is 0 Å². The Kier molecular flexibility index (Phi) is 24.3. The molecule has 5 heteroatoms. The average molecular weight is 671 g/mol. The minimum absolute atomic E-state index is 0.260. The maximum absolute atomic E-state index is 5.74. The van der Waals surface area contributed by atoms with Crippen LogP contribution in [0.2, 0.25) is 0 Å². The Balaban J connectivity index is 0. The molecule has 1 rings (SSSR count). The first-order chi connectivity index (χ1) is 21.1. The highest BCUT2D eigenvalue weighted by Crippen LogP contribution is 2.26. The van der Waals surface area contributed by atoms with Crippen molar-refractivity contribution in [2.24, 2.45) is 32.5 Å². The Morgan fingerprint density at radius 3 is 1.13 bits per heavy atom. The van der Waals surface area contributed by atoms with E-state index in [0.717, 1.165) is 59.0 Å². The molecule has 1 heterocycles. The Morgan fingerprint density at radius 1 is 0.362 bits per heavy atom. The molecule has 47 heavy (non-hydrogen) atoms. The van der Waals surface area contributed by atoms with Crippen molar-refractivity contribution in [3.8, 4) is 0 Å². The number of rotatable bonds is 15. The lowest BCUT2D eigenvalue weighted by Crippen LogP contribution is -2.49. The third-order valence-corrected chi connectivity index (χ3v) is 7.46. The van der Waals surface area contributed by atoms with E-state index in [9.17, 15) is 0 Å². The zero-order valence-corrected chi connectivity index (χ0v) is 35.8. The van der Waals surface area contributed by atoms with Gasteiger partial charge in [-0.2, -0.15) is 0 Å². The van der Waals surface area contributed by atoms with Gasteiger partial charge in [-0.25, -0.2) is 0 Å².